The molecule has 0 saturated carbocycles. The molecule has 0 fully saturated rings. The maximum absolute atomic E-state index is 14.3. The van der Waals surface area contributed by atoms with Crippen LogP contribution < -0.4 is 4.74 Å². The average molecular weight is 394 g/mol. The fraction of sp³-hybridized carbons (Fsp3) is 0.273. The molecule has 28 heavy (non-hydrogen) atoms. The van der Waals surface area contributed by atoms with E-state index in [0.717, 1.165) is 25.3 Å². The molecule has 6 heteroatoms. The normalized spacial score (nSPS) is 11.2. The van der Waals surface area contributed by atoms with Gasteiger partial charge in [-0.05, 0) is 60.2 Å². The third-order valence-corrected chi connectivity index (χ3v) is 4.60. The number of ether oxygens (including phenoxy) is 1. The minimum atomic E-state index is -1.55. The number of rotatable bonds is 7. The van der Waals surface area contributed by atoms with E-state index in [0.29, 0.717) is 12.0 Å². The van der Waals surface area contributed by atoms with E-state index in [1.165, 1.54) is 30.3 Å². The first-order valence-corrected chi connectivity index (χ1v) is 9.07. The Balaban J connectivity index is 1.77. The van der Waals surface area contributed by atoms with Crippen LogP contribution in [-0.4, -0.2) is 0 Å². The van der Waals surface area contributed by atoms with Crippen LogP contribution in [0.25, 0.3) is 10.8 Å². The fourth-order valence-electron chi connectivity index (χ4n) is 3.05. The molecule has 0 amide bonds. The van der Waals surface area contributed by atoms with Crippen LogP contribution in [0.4, 0.5) is 22.0 Å². The Morgan fingerprint density at radius 1 is 0.786 bits per heavy atom. The van der Waals surface area contributed by atoms with Crippen LogP contribution in [0.1, 0.15) is 37.3 Å². The molecule has 0 bridgehead atoms. The molecule has 148 valence electrons. The quantitative estimate of drug-likeness (QED) is 0.242. The van der Waals surface area contributed by atoms with Crippen molar-refractivity contribution in [3.05, 3.63) is 76.6 Å². The number of benzene rings is 3. The lowest BCUT2D eigenvalue weighted by molar-refractivity contribution is 0.292. The molecule has 3 aromatic carbocycles. The van der Waals surface area contributed by atoms with Crippen molar-refractivity contribution in [1.29, 1.82) is 0 Å². The van der Waals surface area contributed by atoms with Crippen LogP contribution in [0.5, 0.6) is 5.75 Å². The molecule has 3 aromatic rings. The lowest BCUT2D eigenvalue weighted by Gasteiger charge is -2.11. The highest BCUT2D eigenvalue weighted by Gasteiger charge is 2.15. The Labute approximate surface area is 159 Å². The lowest BCUT2D eigenvalue weighted by atomic mass is 10.0. The standard InChI is InChI=1S/C22H19F5O/c1-2-3-4-5-13-8-18(23)17(19(24)9-13)12-28-15-6-7-16-14(10-15)11-20(25)22(27)21(16)26/h6-11H,2-5,12H2,1H3. The van der Waals surface area contributed by atoms with Crippen molar-refractivity contribution >= 4 is 10.8 Å². The minimum Gasteiger partial charge on any atom is -0.489 e. The van der Waals surface area contributed by atoms with Gasteiger partial charge in [-0.25, -0.2) is 22.0 Å². The smallest absolute Gasteiger partial charge is 0.195 e. The summed E-state index contributed by atoms with van der Waals surface area (Å²) in [6.45, 7) is 1.66. The van der Waals surface area contributed by atoms with E-state index in [4.69, 9.17) is 4.74 Å². The summed E-state index contributed by atoms with van der Waals surface area (Å²) in [6, 6.07) is 7.28. The van der Waals surface area contributed by atoms with Crippen molar-refractivity contribution < 1.29 is 26.7 Å². The van der Waals surface area contributed by atoms with E-state index >= 15 is 0 Å². The van der Waals surface area contributed by atoms with Gasteiger partial charge in [0.15, 0.2) is 17.5 Å². The molecule has 0 radical (unpaired) electrons. The lowest BCUT2D eigenvalue weighted by Crippen LogP contribution is -2.04. The molecule has 0 spiro atoms. The largest absolute Gasteiger partial charge is 0.489 e. The minimum absolute atomic E-state index is 0.0844. The SMILES string of the molecule is CCCCCc1cc(F)c(COc2ccc3c(F)c(F)c(F)cc3c2)c(F)c1. The second-order valence-corrected chi connectivity index (χ2v) is 6.65. The summed E-state index contributed by atoms with van der Waals surface area (Å²) >= 11 is 0. The van der Waals surface area contributed by atoms with E-state index in [2.05, 4.69) is 0 Å². The Morgan fingerprint density at radius 2 is 1.50 bits per heavy atom. The van der Waals surface area contributed by atoms with Gasteiger partial charge in [0.25, 0.3) is 0 Å². The molecule has 1 nitrogen and oxygen atoms in total. The number of hydrogen-bond acceptors (Lipinski definition) is 1. The van der Waals surface area contributed by atoms with Crippen molar-refractivity contribution in [3.63, 3.8) is 0 Å². The van der Waals surface area contributed by atoms with Gasteiger partial charge < -0.3 is 4.74 Å². The Morgan fingerprint density at radius 3 is 2.18 bits per heavy atom. The molecule has 0 aliphatic heterocycles. The van der Waals surface area contributed by atoms with Crippen LogP contribution in [0.2, 0.25) is 0 Å². The maximum atomic E-state index is 14.3. The molecule has 0 aliphatic carbocycles. The molecule has 0 N–H and O–H groups in total. The zero-order chi connectivity index (χ0) is 20.3. The van der Waals surface area contributed by atoms with E-state index in [1.54, 1.807) is 0 Å². The first-order valence-electron chi connectivity index (χ1n) is 9.07. The molecular formula is C22H19F5O. The van der Waals surface area contributed by atoms with E-state index in [-0.39, 0.29) is 28.7 Å². The van der Waals surface area contributed by atoms with Crippen LogP contribution in [0.3, 0.4) is 0 Å². The fourth-order valence-corrected chi connectivity index (χ4v) is 3.05. The van der Waals surface area contributed by atoms with Crippen molar-refractivity contribution in [3.8, 4) is 5.75 Å². The second-order valence-electron chi connectivity index (χ2n) is 6.65. The molecule has 0 heterocycles. The second kappa shape index (κ2) is 8.59. The number of aryl methyl sites for hydroxylation is 1. The Hall–Kier alpha value is -2.63. The highest BCUT2D eigenvalue weighted by Crippen LogP contribution is 2.27. The van der Waals surface area contributed by atoms with Crippen LogP contribution in [0.15, 0.2) is 36.4 Å². The summed E-state index contributed by atoms with van der Waals surface area (Å²) in [6.07, 6.45) is 3.46. The van der Waals surface area contributed by atoms with Gasteiger partial charge in [0.2, 0.25) is 0 Å². The van der Waals surface area contributed by atoms with E-state index in [1.807, 2.05) is 6.92 Å². The Bertz CT molecular complexity index is 977. The van der Waals surface area contributed by atoms with Gasteiger partial charge in [0.1, 0.15) is 24.0 Å². The highest BCUT2D eigenvalue weighted by molar-refractivity contribution is 5.84. The first-order chi connectivity index (χ1) is 13.4. The Kier molecular flexibility index (Phi) is 6.17. The number of halogens is 5. The van der Waals surface area contributed by atoms with Crippen LogP contribution in [0, 0.1) is 29.1 Å². The topological polar surface area (TPSA) is 9.23 Å². The summed E-state index contributed by atoms with van der Waals surface area (Å²) in [5, 5.41) is -0.0267. The van der Waals surface area contributed by atoms with Gasteiger partial charge in [-0.1, -0.05) is 19.8 Å². The van der Waals surface area contributed by atoms with Gasteiger partial charge in [0, 0.05) is 5.39 Å². The van der Waals surface area contributed by atoms with E-state index < -0.39 is 29.1 Å². The van der Waals surface area contributed by atoms with Gasteiger partial charge >= 0.3 is 0 Å². The zero-order valence-corrected chi connectivity index (χ0v) is 15.3. The van der Waals surface area contributed by atoms with Crippen molar-refractivity contribution in [2.24, 2.45) is 0 Å². The number of unbranched alkanes of at least 4 members (excludes halogenated alkanes) is 2. The molecule has 3 rings (SSSR count). The van der Waals surface area contributed by atoms with Gasteiger partial charge in [-0.15, -0.1) is 0 Å². The van der Waals surface area contributed by atoms with E-state index in [9.17, 15) is 22.0 Å². The summed E-state index contributed by atoms with van der Waals surface area (Å²) in [5.41, 5.74) is 0.363. The van der Waals surface area contributed by atoms with Crippen molar-refractivity contribution in [2.45, 2.75) is 39.2 Å². The van der Waals surface area contributed by atoms with Crippen LogP contribution >= 0.6 is 0 Å². The predicted octanol–water partition coefficient (Wildman–Crippen LogP) is 6.85. The number of hydrogen-bond donors (Lipinski definition) is 0. The highest BCUT2D eigenvalue weighted by atomic mass is 19.2. The van der Waals surface area contributed by atoms with Gasteiger partial charge in [-0.2, -0.15) is 0 Å². The summed E-state index contributed by atoms with van der Waals surface area (Å²) in [4.78, 5) is 0. The molecule has 0 aromatic heterocycles. The molecule has 0 atom stereocenters. The van der Waals surface area contributed by atoms with Crippen LogP contribution in [-0.2, 0) is 13.0 Å². The van der Waals surface area contributed by atoms with Gasteiger partial charge in [0.05, 0.1) is 5.56 Å². The maximum Gasteiger partial charge on any atom is 0.195 e. The summed E-state index contributed by atoms with van der Waals surface area (Å²) < 4.78 is 74.3. The molecule has 0 aliphatic rings. The van der Waals surface area contributed by atoms with Crippen molar-refractivity contribution in [1.82, 2.24) is 0 Å². The number of fused-ring (bicyclic) bond motifs is 1. The first kappa shape index (κ1) is 20.1. The molecular weight excluding hydrogens is 375 g/mol. The average Bonchev–Trinajstić information content (AvgIpc) is 2.65. The summed E-state index contributed by atoms with van der Waals surface area (Å²) in [7, 11) is 0. The predicted molar refractivity (Wildman–Crippen MR) is 97.7 cm³/mol. The zero-order valence-electron chi connectivity index (χ0n) is 15.3. The summed E-state index contributed by atoms with van der Waals surface area (Å²) in [5.74, 6) is -5.42. The van der Waals surface area contributed by atoms with Crippen molar-refractivity contribution in [2.75, 3.05) is 0 Å². The third kappa shape index (κ3) is 4.26. The van der Waals surface area contributed by atoms with Gasteiger partial charge in [-0.3, -0.25) is 0 Å². The molecule has 0 unspecified atom stereocenters. The third-order valence-electron chi connectivity index (χ3n) is 4.60. The monoisotopic (exact) mass is 394 g/mol. The molecule has 0 saturated heterocycles.